The Morgan fingerprint density at radius 3 is 2.38 bits per heavy atom. The van der Waals surface area contributed by atoms with E-state index in [0.29, 0.717) is 0 Å². The predicted octanol–water partition coefficient (Wildman–Crippen LogP) is 1.85. The van der Waals surface area contributed by atoms with Crippen LogP contribution >= 0.6 is 0 Å². The van der Waals surface area contributed by atoms with Crippen LogP contribution in [-0.2, 0) is 0 Å². The van der Waals surface area contributed by atoms with Crippen molar-refractivity contribution >= 4 is 0 Å². The fourth-order valence-electron chi connectivity index (χ4n) is 3.07. The van der Waals surface area contributed by atoms with Gasteiger partial charge in [0, 0.05) is 6.54 Å². The van der Waals surface area contributed by atoms with Crippen molar-refractivity contribution in [2.45, 2.75) is 44.1 Å². The van der Waals surface area contributed by atoms with Crippen LogP contribution in [0.3, 0.4) is 0 Å². The molecule has 0 aliphatic carbocycles. The Hall–Kier alpha value is -0.590. The van der Waals surface area contributed by atoms with Gasteiger partial charge in [-0.2, -0.15) is 5.26 Å². The molecule has 0 aromatic rings. The van der Waals surface area contributed by atoms with Crippen LogP contribution in [-0.4, -0.2) is 48.6 Å². The van der Waals surface area contributed by atoms with E-state index in [0.717, 1.165) is 39.0 Å². The van der Waals surface area contributed by atoms with Crippen molar-refractivity contribution in [3.63, 3.8) is 0 Å². The number of likely N-dealkylation sites (tertiary alicyclic amines) is 2. The summed E-state index contributed by atoms with van der Waals surface area (Å²) >= 11 is 0. The molecule has 16 heavy (non-hydrogen) atoms. The van der Waals surface area contributed by atoms with E-state index < -0.39 is 0 Å². The molecule has 0 radical (unpaired) electrons. The second-order valence-corrected chi connectivity index (χ2v) is 5.35. The molecule has 3 heteroatoms. The second kappa shape index (κ2) is 5.16. The van der Waals surface area contributed by atoms with Gasteiger partial charge in [0.05, 0.1) is 6.07 Å². The van der Waals surface area contributed by atoms with Gasteiger partial charge >= 0.3 is 0 Å². The number of nitrogens with zero attached hydrogens (tertiary/aromatic N) is 3. The van der Waals surface area contributed by atoms with E-state index in [2.05, 4.69) is 22.9 Å². The summed E-state index contributed by atoms with van der Waals surface area (Å²) in [4.78, 5) is 4.83. The van der Waals surface area contributed by atoms with Crippen molar-refractivity contribution in [1.82, 2.24) is 9.80 Å². The summed E-state index contributed by atoms with van der Waals surface area (Å²) in [6.07, 6.45) is 7.16. The molecule has 90 valence electrons. The quantitative estimate of drug-likeness (QED) is 0.677. The third-order valence-corrected chi connectivity index (χ3v) is 4.21. The Bertz CT molecular complexity index is 265. The Morgan fingerprint density at radius 1 is 0.938 bits per heavy atom. The van der Waals surface area contributed by atoms with E-state index >= 15 is 0 Å². The van der Waals surface area contributed by atoms with Crippen LogP contribution < -0.4 is 0 Å². The summed E-state index contributed by atoms with van der Waals surface area (Å²) in [7, 11) is 2.17. The summed E-state index contributed by atoms with van der Waals surface area (Å²) in [6, 6.07) is 2.65. The molecule has 2 rings (SSSR count). The summed E-state index contributed by atoms with van der Waals surface area (Å²) in [6.45, 7) is 4.50. The molecule has 3 nitrogen and oxygen atoms in total. The molecular formula is C13H23N3. The van der Waals surface area contributed by atoms with E-state index in [-0.39, 0.29) is 5.54 Å². The van der Waals surface area contributed by atoms with Crippen LogP contribution in [0.15, 0.2) is 0 Å². The number of nitriles is 1. The molecule has 0 aromatic carbocycles. The first-order valence-electron chi connectivity index (χ1n) is 6.62. The van der Waals surface area contributed by atoms with Crippen molar-refractivity contribution in [3.8, 4) is 6.07 Å². The highest BCUT2D eigenvalue weighted by Crippen LogP contribution is 2.30. The van der Waals surface area contributed by atoms with Crippen molar-refractivity contribution < 1.29 is 0 Å². The molecule has 2 aliphatic rings. The van der Waals surface area contributed by atoms with Crippen LogP contribution in [0.2, 0.25) is 0 Å². The number of hydrogen-bond donors (Lipinski definition) is 0. The third-order valence-electron chi connectivity index (χ3n) is 4.21. The average Bonchev–Trinajstić information content (AvgIpc) is 2.53. The zero-order valence-corrected chi connectivity index (χ0v) is 10.4. The third kappa shape index (κ3) is 2.39. The van der Waals surface area contributed by atoms with Crippen LogP contribution in [0.4, 0.5) is 0 Å². The summed E-state index contributed by atoms with van der Waals surface area (Å²) in [5.74, 6) is 0. The molecule has 1 unspecified atom stereocenters. The second-order valence-electron chi connectivity index (χ2n) is 5.35. The first kappa shape index (κ1) is 11.9. The fourth-order valence-corrected chi connectivity index (χ4v) is 3.07. The zero-order valence-electron chi connectivity index (χ0n) is 10.4. The molecule has 0 N–H and O–H groups in total. The predicted molar refractivity (Wildman–Crippen MR) is 65.1 cm³/mol. The van der Waals surface area contributed by atoms with Crippen LogP contribution in [0, 0.1) is 11.3 Å². The smallest absolute Gasteiger partial charge is 0.110 e. The monoisotopic (exact) mass is 221 g/mol. The lowest BCUT2D eigenvalue weighted by Crippen LogP contribution is -2.50. The topological polar surface area (TPSA) is 30.3 Å². The minimum absolute atomic E-state index is 0.148. The highest BCUT2D eigenvalue weighted by atomic mass is 15.2. The van der Waals surface area contributed by atoms with Gasteiger partial charge in [-0.25, -0.2) is 0 Å². The lowest BCUT2D eigenvalue weighted by molar-refractivity contribution is 0.0970. The number of piperidine rings is 1. The lowest BCUT2D eigenvalue weighted by Gasteiger charge is -2.40. The molecule has 0 bridgehead atoms. The van der Waals surface area contributed by atoms with Gasteiger partial charge in [-0.05, 0) is 58.8 Å². The van der Waals surface area contributed by atoms with Gasteiger partial charge in [0.25, 0.3) is 0 Å². The van der Waals surface area contributed by atoms with E-state index in [1.54, 1.807) is 0 Å². The number of rotatable bonds is 1. The average molecular weight is 221 g/mol. The Kier molecular flexibility index (Phi) is 3.83. The van der Waals surface area contributed by atoms with Crippen molar-refractivity contribution in [2.75, 3.05) is 33.2 Å². The Morgan fingerprint density at radius 2 is 1.69 bits per heavy atom. The van der Waals surface area contributed by atoms with Gasteiger partial charge in [0.1, 0.15) is 5.54 Å². The van der Waals surface area contributed by atoms with Gasteiger partial charge in [-0.1, -0.05) is 6.42 Å². The van der Waals surface area contributed by atoms with Crippen molar-refractivity contribution in [2.24, 2.45) is 0 Å². The van der Waals surface area contributed by atoms with Crippen LogP contribution in [0.25, 0.3) is 0 Å². The maximum atomic E-state index is 9.59. The Balaban J connectivity index is 2.08. The molecule has 2 fully saturated rings. The van der Waals surface area contributed by atoms with Crippen molar-refractivity contribution in [1.29, 1.82) is 5.26 Å². The SMILES string of the molecule is CN1CCCC(C#N)(N2CCCCC2)CC1. The molecule has 2 aliphatic heterocycles. The Labute approximate surface area is 99.0 Å². The van der Waals surface area contributed by atoms with Gasteiger partial charge in [0.15, 0.2) is 0 Å². The molecule has 0 spiro atoms. The summed E-state index contributed by atoms with van der Waals surface area (Å²) in [5.41, 5.74) is -0.148. The van der Waals surface area contributed by atoms with Gasteiger partial charge in [-0.15, -0.1) is 0 Å². The van der Waals surface area contributed by atoms with Gasteiger partial charge in [-0.3, -0.25) is 4.90 Å². The molecule has 2 heterocycles. The summed E-state index contributed by atoms with van der Waals surface area (Å²) < 4.78 is 0. The van der Waals surface area contributed by atoms with Crippen LogP contribution in [0.5, 0.6) is 0 Å². The first-order chi connectivity index (χ1) is 7.77. The van der Waals surface area contributed by atoms with E-state index in [9.17, 15) is 5.26 Å². The fraction of sp³-hybridized carbons (Fsp3) is 0.923. The molecule has 0 saturated carbocycles. The maximum Gasteiger partial charge on any atom is 0.110 e. The lowest BCUT2D eigenvalue weighted by atomic mass is 9.88. The minimum Gasteiger partial charge on any atom is -0.306 e. The molecule has 0 amide bonds. The first-order valence-corrected chi connectivity index (χ1v) is 6.62. The highest BCUT2D eigenvalue weighted by molar-refractivity contribution is 5.10. The van der Waals surface area contributed by atoms with Crippen molar-refractivity contribution in [3.05, 3.63) is 0 Å². The molecule has 2 saturated heterocycles. The molecular weight excluding hydrogens is 198 g/mol. The zero-order chi connectivity index (χ0) is 11.4. The molecule has 1 atom stereocenters. The minimum atomic E-state index is -0.148. The van der Waals surface area contributed by atoms with Gasteiger partial charge < -0.3 is 4.90 Å². The summed E-state index contributed by atoms with van der Waals surface area (Å²) in [5, 5.41) is 9.59. The largest absolute Gasteiger partial charge is 0.306 e. The standard InChI is InChI=1S/C13H23N3/c1-15-8-5-6-13(12-14,7-11-15)16-9-3-2-4-10-16/h2-11H2,1H3. The molecule has 0 aromatic heterocycles. The van der Waals surface area contributed by atoms with Gasteiger partial charge in [0.2, 0.25) is 0 Å². The van der Waals surface area contributed by atoms with E-state index in [1.165, 1.54) is 25.7 Å². The van der Waals surface area contributed by atoms with E-state index in [4.69, 9.17) is 0 Å². The number of hydrogen-bond acceptors (Lipinski definition) is 3. The maximum absolute atomic E-state index is 9.59. The highest BCUT2D eigenvalue weighted by Gasteiger charge is 2.38. The van der Waals surface area contributed by atoms with E-state index in [1.807, 2.05) is 0 Å². The normalized spacial score (nSPS) is 34.2. The van der Waals surface area contributed by atoms with Crippen LogP contribution in [0.1, 0.15) is 38.5 Å².